The van der Waals surface area contributed by atoms with Crippen molar-refractivity contribution in [2.45, 2.75) is 33.2 Å². The zero-order chi connectivity index (χ0) is 11.9. The van der Waals surface area contributed by atoms with Gasteiger partial charge >= 0.3 is 0 Å². The van der Waals surface area contributed by atoms with Crippen LogP contribution in [0.2, 0.25) is 0 Å². The summed E-state index contributed by atoms with van der Waals surface area (Å²) >= 11 is 5.21. The zero-order valence-electron chi connectivity index (χ0n) is 9.63. The topological polar surface area (TPSA) is 53.6 Å². The van der Waals surface area contributed by atoms with E-state index in [1.807, 2.05) is 26.8 Å². The molecule has 5 heteroatoms. The van der Waals surface area contributed by atoms with Crippen LogP contribution in [0.3, 0.4) is 0 Å². The van der Waals surface area contributed by atoms with Crippen molar-refractivity contribution in [2.24, 2.45) is 0 Å². The van der Waals surface area contributed by atoms with E-state index in [1.54, 1.807) is 4.57 Å². The molecule has 0 bridgehead atoms. The SMILES string of the molecule is CCC(C)n1c(=S)[nH]c2cc(C)[nH]c2c1=O. The van der Waals surface area contributed by atoms with Crippen LogP contribution in [0.4, 0.5) is 0 Å². The minimum absolute atomic E-state index is 0.0406. The molecule has 86 valence electrons. The summed E-state index contributed by atoms with van der Waals surface area (Å²) in [4.78, 5) is 18.4. The molecular formula is C11H15N3OS. The first-order chi connectivity index (χ1) is 7.54. The Balaban J connectivity index is 2.85. The van der Waals surface area contributed by atoms with Crippen molar-refractivity contribution in [3.05, 3.63) is 26.9 Å². The van der Waals surface area contributed by atoms with Crippen molar-refractivity contribution in [3.8, 4) is 0 Å². The lowest BCUT2D eigenvalue weighted by Crippen LogP contribution is -2.24. The third-order valence-corrected chi connectivity index (χ3v) is 3.18. The highest BCUT2D eigenvalue weighted by Crippen LogP contribution is 2.12. The molecule has 4 nitrogen and oxygen atoms in total. The van der Waals surface area contributed by atoms with Gasteiger partial charge in [-0.15, -0.1) is 0 Å². The van der Waals surface area contributed by atoms with Gasteiger partial charge in [-0.3, -0.25) is 9.36 Å². The van der Waals surface area contributed by atoms with Crippen molar-refractivity contribution in [1.29, 1.82) is 0 Å². The van der Waals surface area contributed by atoms with Gasteiger partial charge in [-0.05, 0) is 38.6 Å². The normalized spacial score (nSPS) is 13.2. The van der Waals surface area contributed by atoms with Crippen LogP contribution in [-0.4, -0.2) is 14.5 Å². The average Bonchev–Trinajstić information content (AvgIpc) is 2.58. The summed E-state index contributed by atoms with van der Waals surface area (Å²) in [5.74, 6) is 0. The molecular weight excluding hydrogens is 222 g/mol. The Hall–Kier alpha value is -1.36. The number of rotatable bonds is 2. The van der Waals surface area contributed by atoms with E-state index < -0.39 is 0 Å². The van der Waals surface area contributed by atoms with Gasteiger partial charge in [0.15, 0.2) is 4.77 Å². The summed E-state index contributed by atoms with van der Waals surface area (Å²) in [6.07, 6.45) is 0.878. The van der Waals surface area contributed by atoms with E-state index in [0.717, 1.165) is 17.6 Å². The third kappa shape index (κ3) is 1.61. The minimum Gasteiger partial charge on any atom is -0.353 e. The van der Waals surface area contributed by atoms with Crippen molar-refractivity contribution in [2.75, 3.05) is 0 Å². The lowest BCUT2D eigenvalue weighted by atomic mass is 10.2. The fourth-order valence-electron chi connectivity index (χ4n) is 1.83. The van der Waals surface area contributed by atoms with E-state index in [1.165, 1.54) is 0 Å². The first kappa shape index (κ1) is 11.1. The summed E-state index contributed by atoms with van der Waals surface area (Å²) in [6, 6.07) is 2.01. The lowest BCUT2D eigenvalue weighted by Gasteiger charge is -2.12. The van der Waals surface area contributed by atoms with Crippen LogP contribution < -0.4 is 5.56 Å². The maximum Gasteiger partial charge on any atom is 0.278 e. The van der Waals surface area contributed by atoms with E-state index in [9.17, 15) is 4.79 Å². The average molecular weight is 237 g/mol. The van der Waals surface area contributed by atoms with E-state index >= 15 is 0 Å². The van der Waals surface area contributed by atoms with Crippen molar-refractivity contribution in [3.63, 3.8) is 0 Å². The molecule has 2 aromatic heterocycles. The van der Waals surface area contributed by atoms with Crippen molar-refractivity contribution >= 4 is 23.3 Å². The fourth-order valence-corrected chi connectivity index (χ4v) is 2.20. The number of hydrogen-bond acceptors (Lipinski definition) is 2. The number of H-pyrrole nitrogens is 2. The van der Waals surface area contributed by atoms with Crippen LogP contribution in [0.15, 0.2) is 10.9 Å². The van der Waals surface area contributed by atoms with E-state index in [0.29, 0.717) is 10.3 Å². The molecule has 0 spiro atoms. The quantitative estimate of drug-likeness (QED) is 0.789. The van der Waals surface area contributed by atoms with Crippen LogP contribution in [0.25, 0.3) is 11.0 Å². The Labute approximate surface area is 98.3 Å². The van der Waals surface area contributed by atoms with Gasteiger partial charge in [0.2, 0.25) is 0 Å². The second kappa shape index (κ2) is 3.90. The zero-order valence-corrected chi connectivity index (χ0v) is 10.4. The first-order valence-corrected chi connectivity index (χ1v) is 5.79. The first-order valence-electron chi connectivity index (χ1n) is 5.38. The molecule has 2 N–H and O–H groups in total. The minimum atomic E-state index is -0.0406. The molecule has 0 aliphatic rings. The van der Waals surface area contributed by atoms with Gasteiger partial charge in [-0.1, -0.05) is 6.92 Å². The number of nitrogens with zero attached hydrogens (tertiary/aromatic N) is 1. The number of aryl methyl sites for hydroxylation is 1. The van der Waals surface area contributed by atoms with Crippen LogP contribution in [0.1, 0.15) is 32.0 Å². The molecule has 2 rings (SSSR count). The van der Waals surface area contributed by atoms with E-state index in [4.69, 9.17) is 12.2 Å². The number of aromatic amines is 2. The van der Waals surface area contributed by atoms with Crippen LogP contribution in [0.5, 0.6) is 0 Å². The van der Waals surface area contributed by atoms with Crippen LogP contribution >= 0.6 is 12.2 Å². The standard InChI is InChI=1S/C11H15N3OS/c1-4-7(3)14-10(15)9-8(13-11(14)16)5-6(2)12-9/h5,7,12H,4H2,1-3H3,(H,13,16). The Morgan fingerprint density at radius 1 is 1.50 bits per heavy atom. The maximum atomic E-state index is 12.2. The smallest absolute Gasteiger partial charge is 0.278 e. The van der Waals surface area contributed by atoms with Crippen molar-refractivity contribution < 1.29 is 0 Å². The molecule has 0 amide bonds. The van der Waals surface area contributed by atoms with Gasteiger partial charge in [0.25, 0.3) is 5.56 Å². The predicted octanol–water partition coefficient (Wildman–Crippen LogP) is 2.67. The van der Waals surface area contributed by atoms with Gasteiger partial charge in [0.05, 0.1) is 5.52 Å². The summed E-state index contributed by atoms with van der Waals surface area (Å²) in [5, 5.41) is 0. The van der Waals surface area contributed by atoms with Gasteiger partial charge < -0.3 is 9.97 Å². The molecule has 0 aromatic carbocycles. The Morgan fingerprint density at radius 2 is 2.19 bits per heavy atom. The van der Waals surface area contributed by atoms with Crippen LogP contribution in [-0.2, 0) is 0 Å². The molecule has 0 saturated carbocycles. The second-order valence-corrected chi connectivity index (χ2v) is 4.49. The van der Waals surface area contributed by atoms with E-state index in [-0.39, 0.29) is 11.6 Å². The molecule has 0 aliphatic heterocycles. The van der Waals surface area contributed by atoms with Gasteiger partial charge in [-0.25, -0.2) is 0 Å². The summed E-state index contributed by atoms with van der Waals surface area (Å²) in [5.41, 5.74) is 2.30. The molecule has 0 aliphatic carbocycles. The molecule has 2 aromatic rings. The third-order valence-electron chi connectivity index (χ3n) is 2.88. The Bertz CT molecular complexity index is 635. The monoisotopic (exact) mass is 237 g/mol. The molecule has 1 atom stereocenters. The van der Waals surface area contributed by atoms with Gasteiger partial charge in [0, 0.05) is 11.7 Å². The van der Waals surface area contributed by atoms with E-state index in [2.05, 4.69) is 9.97 Å². The largest absolute Gasteiger partial charge is 0.353 e. The molecule has 0 fully saturated rings. The van der Waals surface area contributed by atoms with Gasteiger partial charge in [0.1, 0.15) is 5.52 Å². The predicted molar refractivity (Wildman–Crippen MR) is 67.5 cm³/mol. The highest BCUT2D eigenvalue weighted by atomic mass is 32.1. The Kier molecular flexibility index (Phi) is 2.71. The number of aromatic nitrogens is 3. The van der Waals surface area contributed by atoms with Crippen molar-refractivity contribution in [1.82, 2.24) is 14.5 Å². The summed E-state index contributed by atoms with van der Waals surface area (Å²) in [6.45, 7) is 5.95. The molecule has 0 saturated heterocycles. The summed E-state index contributed by atoms with van der Waals surface area (Å²) in [7, 11) is 0. The van der Waals surface area contributed by atoms with Crippen LogP contribution in [0, 0.1) is 11.7 Å². The summed E-state index contributed by atoms with van der Waals surface area (Å²) < 4.78 is 2.12. The molecule has 0 radical (unpaired) electrons. The second-order valence-electron chi connectivity index (χ2n) is 4.10. The lowest BCUT2D eigenvalue weighted by molar-refractivity contribution is 0.504. The fraction of sp³-hybridized carbons (Fsp3) is 0.455. The molecule has 16 heavy (non-hydrogen) atoms. The van der Waals surface area contributed by atoms with Gasteiger partial charge in [-0.2, -0.15) is 0 Å². The maximum absolute atomic E-state index is 12.2. The number of fused-ring (bicyclic) bond motifs is 1. The number of hydrogen-bond donors (Lipinski definition) is 2. The highest BCUT2D eigenvalue weighted by Gasteiger charge is 2.11. The number of nitrogens with one attached hydrogen (secondary N) is 2. The molecule has 2 heterocycles. The highest BCUT2D eigenvalue weighted by molar-refractivity contribution is 7.71. The Morgan fingerprint density at radius 3 is 2.81 bits per heavy atom. The molecule has 1 unspecified atom stereocenters.